The molecule has 0 saturated carbocycles. The Morgan fingerprint density at radius 1 is 1.57 bits per heavy atom. The van der Waals surface area contributed by atoms with Crippen molar-refractivity contribution in [1.82, 2.24) is 0 Å². The van der Waals surface area contributed by atoms with E-state index in [1.165, 1.54) is 19.3 Å². The second kappa shape index (κ2) is 2.80. The first kappa shape index (κ1) is 6.70. The Balaban J connectivity index is 0.000000360. The number of hydrogen-bond acceptors (Lipinski definition) is 0. The molecule has 0 aromatic carbocycles. The molecule has 0 bridgehead atoms. The lowest BCUT2D eigenvalue weighted by atomic mass is 10.3. The third-order valence-electron chi connectivity index (χ3n) is 1.27. The van der Waals surface area contributed by atoms with Gasteiger partial charge in [0.25, 0.3) is 0 Å². The molecule has 0 amide bonds. The van der Waals surface area contributed by atoms with E-state index in [9.17, 15) is 0 Å². The van der Waals surface area contributed by atoms with Crippen LogP contribution in [0.3, 0.4) is 0 Å². The van der Waals surface area contributed by atoms with Gasteiger partial charge in [0.1, 0.15) is 0 Å². The van der Waals surface area contributed by atoms with Crippen LogP contribution in [0.25, 0.3) is 0 Å². The minimum Gasteiger partial charge on any atom is -0.412 e. The Hall–Kier alpha value is -0.300. The van der Waals surface area contributed by atoms with Crippen molar-refractivity contribution in [3.05, 3.63) is 11.6 Å². The molecule has 1 nitrogen and oxygen atoms in total. The molecule has 0 aromatic rings. The Morgan fingerprint density at radius 3 is 2.43 bits per heavy atom. The van der Waals surface area contributed by atoms with Crippen LogP contribution in [-0.2, 0) is 0 Å². The zero-order chi connectivity index (χ0) is 4.41. The lowest BCUT2D eigenvalue weighted by Gasteiger charge is -1.79. The quantitative estimate of drug-likeness (QED) is 0.411. The normalized spacial score (nSPS) is 18.1. The largest absolute Gasteiger partial charge is 0.412 e. The van der Waals surface area contributed by atoms with Crippen LogP contribution in [0.2, 0.25) is 0 Å². The van der Waals surface area contributed by atoms with Gasteiger partial charge in [0, 0.05) is 0 Å². The van der Waals surface area contributed by atoms with Crippen LogP contribution >= 0.6 is 0 Å². The van der Waals surface area contributed by atoms with Crippen molar-refractivity contribution in [2.75, 3.05) is 0 Å². The highest BCUT2D eigenvalue weighted by atomic mass is 16.0. The highest BCUT2D eigenvalue weighted by Crippen LogP contribution is 2.15. The molecule has 0 spiro atoms. The predicted molar refractivity (Wildman–Crippen MR) is 31.2 cm³/mol. The summed E-state index contributed by atoms with van der Waals surface area (Å²) >= 11 is 0. The highest BCUT2D eigenvalue weighted by molar-refractivity contribution is 5.02. The van der Waals surface area contributed by atoms with Gasteiger partial charge in [-0.15, -0.1) is 0 Å². The molecule has 1 aliphatic carbocycles. The highest BCUT2D eigenvalue weighted by Gasteiger charge is 1.94. The maximum atomic E-state index is 2.32. The summed E-state index contributed by atoms with van der Waals surface area (Å²) in [6.45, 7) is 2.20. The van der Waals surface area contributed by atoms with Crippen molar-refractivity contribution in [2.45, 2.75) is 26.2 Å². The van der Waals surface area contributed by atoms with Crippen molar-refractivity contribution in [3.63, 3.8) is 0 Å². The molecule has 0 heterocycles. The standard InChI is InChI=1S/C6H10.H2O/c1-6-4-2-3-5-6;/h4H,2-3,5H2,1H3;1H2. The molecule has 0 aromatic heterocycles. The Morgan fingerprint density at radius 2 is 2.29 bits per heavy atom. The lowest BCUT2D eigenvalue weighted by molar-refractivity contribution is 0.824. The molecule has 1 heteroatoms. The van der Waals surface area contributed by atoms with Crippen molar-refractivity contribution in [1.29, 1.82) is 0 Å². The smallest absolute Gasteiger partial charge is 0.0320 e. The topological polar surface area (TPSA) is 31.5 Å². The zero-order valence-electron chi connectivity index (χ0n) is 4.70. The molecule has 7 heavy (non-hydrogen) atoms. The molecule has 0 saturated heterocycles. The first-order valence-corrected chi connectivity index (χ1v) is 2.55. The van der Waals surface area contributed by atoms with Crippen LogP contribution in [-0.4, -0.2) is 5.48 Å². The molecule has 0 unspecified atom stereocenters. The van der Waals surface area contributed by atoms with Crippen LogP contribution in [0.1, 0.15) is 26.2 Å². The summed E-state index contributed by atoms with van der Waals surface area (Å²) in [6.07, 6.45) is 6.39. The van der Waals surface area contributed by atoms with Gasteiger partial charge in [-0.3, -0.25) is 0 Å². The van der Waals surface area contributed by atoms with Crippen molar-refractivity contribution in [3.8, 4) is 0 Å². The van der Waals surface area contributed by atoms with Gasteiger partial charge in [0.05, 0.1) is 0 Å². The number of rotatable bonds is 0. The maximum Gasteiger partial charge on any atom is -0.0320 e. The SMILES string of the molecule is CC1=CCCC1.O. The zero-order valence-corrected chi connectivity index (χ0v) is 4.70. The monoisotopic (exact) mass is 100 g/mol. The third-order valence-corrected chi connectivity index (χ3v) is 1.27. The van der Waals surface area contributed by atoms with Crippen LogP contribution in [0.4, 0.5) is 0 Å². The second-order valence-electron chi connectivity index (χ2n) is 1.94. The maximum absolute atomic E-state index is 2.32. The molecule has 1 aliphatic rings. The molecule has 0 radical (unpaired) electrons. The van der Waals surface area contributed by atoms with Gasteiger partial charge in [-0.2, -0.15) is 0 Å². The van der Waals surface area contributed by atoms with Gasteiger partial charge >= 0.3 is 0 Å². The summed E-state index contributed by atoms with van der Waals surface area (Å²) in [6, 6.07) is 0. The van der Waals surface area contributed by atoms with Gasteiger partial charge in [0.2, 0.25) is 0 Å². The number of allylic oxidation sites excluding steroid dienone is 2. The van der Waals surface area contributed by atoms with Crippen LogP contribution < -0.4 is 0 Å². The molecular formula is C6H12O. The van der Waals surface area contributed by atoms with E-state index in [2.05, 4.69) is 13.0 Å². The Labute approximate surface area is 44.3 Å². The number of hydrogen-bond donors (Lipinski definition) is 0. The first-order chi connectivity index (χ1) is 2.89. The van der Waals surface area contributed by atoms with E-state index in [-0.39, 0.29) is 5.48 Å². The van der Waals surface area contributed by atoms with Crippen molar-refractivity contribution < 1.29 is 5.48 Å². The summed E-state index contributed by atoms with van der Waals surface area (Å²) in [5.74, 6) is 0. The van der Waals surface area contributed by atoms with Crippen LogP contribution in [0.15, 0.2) is 11.6 Å². The van der Waals surface area contributed by atoms with Crippen LogP contribution in [0.5, 0.6) is 0 Å². The van der Waals surface area contributed by atoms with E-state index >= 15 is 0 Å². The fourth-order valence-electron chi connectivity index (χ4n) is 0.831. The molecule has 2 N–H and O–H groups in total. The average Bonchev–Trinajstić information content (AvgIpc) is 1.86. The van der Waals surface area contributed by atoms with E-state index in [4.69, 9.17) is 0 Å². The molecule has 1 rings (SSSR count). The minimum absolute atomic E-state index is 0. The fourth-order valence-corrected chi connectivity index (χ4v) is 0.831. The third kappa shape index (κ3) is 1.74. The van der Waals surface area contributed by atoms with Gasteiger partial charge in [-0.05, 0) is 26.2 Å². The molecule has 42 valence electrons. The van der Waals surface area contributed by atoms with E-state index in [1.807, 2.05) is 0 Å². The van der Waals surface area contributed by atoms with Gasteiger partial charge < -0.3 is 5.48 Å². The minimum atomic E-state index is 0. The summed E-state index contributed by atoms with van der Waals surface area (Å²) in [4.78, 5) is 0. The van der Waals surface area contributed by atoms with Crippen LogP contribution in [0, 0.1) is 0 Å². The van der Waals surface area contributed by atoms with Gasteiger partial charge in [0.15, 0.2) is 0 Å². The summed E-state index contributed by atoms with van der Waals surface area (Å²) in [5.41, 5.74) is 1.58. The van der Waals surface area contributed by atoms with Crippen molar-refractivity contribution in [2.24, 2.45) is 0 Å². The van der Waals surface area contributed by atoms with E-state index in [0.717, 1.165) is 0 Å². The fraction of sp³-hybridized carbons (Fsp3) is 0.667. The Kier molecular flexibility index (Phi) is 2.68. The molecule has 0 atom stereocenters. The molecule has 0 aliphatic heterocycles. The predicted octanol–water partition coefficient (Wildman–Crippen LogP) is 1.29. The lowest BCUT2D eigenvalue weighted by Crippen LogP contribution is -1.59. The van der Waals surface area contributed by atoms with E-state index < -0.39 is 0 Å². The first-order valence-electron chi connectivity index (χ1n) is 2.55. The van der Waals surface area contributed by atoms with E-state index in [1.54, 1.807) is 5.57 Å². The van der Waals surface area contributed by atoms with Crippen molar-refractivity contribution >= 4 is 0 Å². The average molecular weight is 100 g/mol. The molecule has 0 fully saturated rings. The molecular weight excluding hydrogens is 88.1 g/mol. The summed E-state index contributed by atoms with van der Waals surface area (Å²) in [7, 11) is 0. The summed E-state index contributed by atoms with van der Waals surface area (Å²) < 4.78 is 0. The van der Waals surface area contributed by atoms with E-state index in [0.29, 0.717) is 0 Å². The van der Waals surface area contributed by atoms with Gasteiger partial charge in [-0.1, -0.05) is 11.6 Å². The Bertz CT molecular complexity index is 74.2. The second-order valence-corrected chi connectivity index (χ2v) is 1.94. The van der Waals surface area contributed by atoms with Gasteiger partial charge in [-0.25, -0.2) is 0 Å². The summed E-state index contributed by atoms with van der Waals surface area (Å²) in [5, 5.41) is 0.